The fourth-order valence-corrected chi connectivity index (χ4v) is 2.41. The third-order valence-electron chi connectivity index (χ3n) is 2.53. The zero-order valence-corrected chi connectivity index (χ0v) is 10.4. The van der Waals surface area contributed by atoms with Crippen LogP contribution in [0, 0.1) is 0 Å². The molecule has 0 aliphatic carbocycles. The zero-order chi connectivity index (χ0) is 13.2. The maximum atomic E-state index is 10.8. The monoisotopic (exact) mass is 272 g/mol. The summed E-state index contributed by atoms with van der Waals surface area (Å²) in [4.78, 5) is 19.2. The molecule has 6 heteroatoms. The van der Waals surface area contributed by atoms with E-state index >= 15 is 0 Å². The smallest absolute Gasteiger partial charge is 0.338 e. The van der Waals surface area contributed by atoms with Gasteiger partial charge in [0.2, 0.25) is 0 Å². The number of carboxylic acids is 1. The van der Waals surface area contributed by atoms with Gasteiger partial charge in [-0.25, -0.2) is 9.78 Å². The normalized spacial score (nSPS) is 10.5. The molecular formula is C13H8N2O3S. The quantitative estimate of drug-likeness (QED) is 0.792. The van der Waals surface area contributed by atoms with Gasteiger partial charge in [0.15, 0.2) is 5.76 Å². The van der Waals surface area contributed by atoms with Gasteiger partial charge in [0, 0.05) is 29.4 Å². The molecule has 0 radical (unpaired) electrons. The third-order valence-corrected chi connectivity index (χ3v) is 3.42. The van der Waals surface area contributed by atoms with E-state index in [1.54, 1.807) is 12.4 Å². The van der Waals surface area contributed by atoms with Crippen LogP contribution in [0.2, 0.25) is 0 Å². The Morgan fingerprint density at radius 2 is 2.11 bits per heavy atom. The molecule has 0 aromatic carbocycles. The standard InChI is InChI=1S/C13H8N2O3S/c16-13(17)9-5-11(18-6-9)10-7-19-12(15-10)8-1-3-14-4-2-8/h1-7H,(H,16,17). The van der Waals surface area contributed by atoms with Crippen LogP contribution in [0.25, 0.3) is 22.0 Å². The summed E-state index contributed by atoms with van der Waals surface area (Å²) < 4.78 is 5.21. The summed E-state index contributed by atoms with van der Waals surface area (Å²) in [6.45, 7) is 0. The third kappa shape index (κ3) is 2.25. The SMILES string of the molecule is O=C(O)c1coc(-c2csc(-c3ccncc3)n2)c1. The molecule has 3 aromatic heterocycles. The highest BCUT2D eigenvalue weighted by Gasteiger charge is 2.13. The topological polar surface area (TPSA) is 76.2 Å². The Morgan fingerprint density at radius 3 is 2.79 bits per heavy atom. The van der Waals surface area contributed by atoms with Crippen LogP contribution in [0.5, 0.6) is 0 Å². The summed E-state index contributed by atoms with van der Waals surface area (Å²) in [5.41, 5.74) is 1.72. The van der Waals surface area contributed by atoms with Gasteiger partial charge in [0.05, 0.1) is 5.56 Å². The van der Waals surface area contributed by atoms with Crippen molar-refractivity contribution in [2.24, 2.45) is 0 Å². The Balaban J connectivity index is 1.94. The van der Waals surface area contributed by atoms with Gasteiger partial charge in [-0.2, -0.15) is 0 Å². The molecule has 1 N–H and O–H groups in total. The number of hydrogen-bond donors (Lipinski definition) is 1. The van der Waals surface area contributed by atoms with Gasteiger partial charge < -0.3 is 9.52 Å². The molecular weight excluding hydrogens is 264 g/mol. The Bertz CT molecular complexity index is 718. The maximum Gasteiger partial charge on any atom is 0.338 e. The molecule has 0 bridgehead atoms. The van der Waals surface area contributed by atoms with E-state index in [1.165, 1.54) is 23.7 Å². The van der Waals surface area contributed by atoms with E-state index in [1.807, 2.05) is 17.5 Å². The summed E-state index contributed by atoms with van der Waals surface area (Å²) in [5, 5.41) is 11.5. The number of furan rings is 1. The Kier molecular flexibility index (Phi) is 2.85. The molecule has 0 spiro atoms. The predicted molar refractivity (Wildman–Crippen MR) is 70.0 cm³/mol. The number of pyridine rings is 1. The molecule has 3 heterocycles. The lowest BCUT2D eigenvalue weighted by atomic mass is 10.2. The molecule has 5 nitrogen and oxygen atoms in total. The van der Waals surface area contributed by atoms with Crippen molar-refractivity contribution in [3.63, 3.8) is 0 Å². The van der Waals surface area contributed by atoms with Crippen molar-refractivity contribution in [1.29, 1.82) is 0 Å². The van der Waals surface area contributed by atoms with Crippen molar-refractivity contribution in [3.8, 4) is 22.0 Å². The van der Waals surface area contributed by atoms with Gasteiger partial charge in [-0.15, -0.1) is 11.3 Å². The number of carboxylic acid groups (broad SMARTS) is 1. The van der Waals surface area contributed by atoms with Crippen molar-refractivity contribution in [2.75, 3.05) is 0 Å². The van der Waals surface area contributed by atoms with Crippen LogP contribution in [-0.4, -0.2) is 21.0 Å². The average molecular weight is 272 g/mol. The highest BCUT2D eigenvalue weighted by molar-refractivity contribution is 7.13. The second-order valence-corrected chi connectivity index (χ2v) is 4.64. The van der Waals surface area contributed by atoms with Crippen LogP contribution in [-0.2, 0) is 0 Å². The summed E-state index contributed by atoms with van der Waals surface area (Å²) in [7, 11) is 0. The minimum atomic E-state index is -1.01. The van der Waals surface area contributed by atoms with E-state index in [0.29, 0.717) is 11.5 Å². The summed E-state index contributed by atoms with van der Waals surface area (Å²) in [5.74, 6) is -0.562. The molecule has 0 aliphatic rings. The molecule has 3 aromatic rings. The lowest BCUT2D eigenvalue weighted by Crippen LogP contribution is -1.91. The zero-order valence-electron chi connectivity index (χ0n) is 9.61. The van der Waals surface area contributed by atoms with Crippen molar-refractivity contribution in [1.82, 2.24) is 9.97 Å². The van der Waals surface area contributed by atoms with Gasteiger partial charge in [-0.05, 0) is 12.1 Å². The van der Waals surface area contributed by atoms with Crippen molar-refractivity contribution >= 4 is 17.3 Å². The molecule has 19 heavy (non-hydrogen) atoms. The highest BCUT2D eigenvalue weighted by Crippen LogP contribution is 2.29. The number of carbonyl (C=O) groups is 1. The van der Waals surface area contributed by atoms with Gasteiger partial charge >= 0.3 is 5.97 Å². The first kappa shape index (κ1) is 11.6. The summed E-state index contributed by atoms with van der Waals surface area (Å²) in [6, 6.07) is 5.20. The minimum absolute atomic E-state index is 0.119. The highest BCUT2D eigenvalue weighted by atomic mass is 32.1. The molecule has 3 rings (SSSR count). The largest absolute Gasteiger partial charge is 0.478 e. The number of thiazole rings is 1. The molecule has 0 atom stereocenters. The van der Waals surface area contributed by atoms with Crippen LogP contribution < -0.4 is 0 Å². The minimum Gasteiger partial charge on any atom is -0.478 e. The Labute approximate surface area is 112 Å². The fraction of sp³-hybridized carbons (Fsp3) is 0. The first-order chi connectivity index (χ1) is 9.24. The van der Waals surface area contributed by atoms with Crippen LogP contribution in [0.4, 0.5) is 0 Å². The number of aromatic carboxylic acids is 1. The Morgan fingerprint density at radius 1 is 1.32 bits per heavy atom. The molecule has 0 saturated carbocycles. The lowest BCUT2D eigenvalue weighted by molar-refractivity contribution is 0.0696. The van der Waals surface area contributed by atoms with E-state index < -0.39 is 5.97 Å². The predicted octanol–water partition coefficient (Wildman–Crippen LogP) is 3.16. The first-order valence-corrected chi connectivity index (χ1v) is 6.30. The van der Waals surface area contributed by atoms with Gasteiger partial charge in [0.25, 0.3) is 0 Å². The number of aromatic nitrogens is 2. The van der Waals surface area contributed by atoms with Gasteiger partial charge in [0.1, 0.15) is 17.0 Å². The van der Waals surface area contributed by atoms with Gasteiger partial charge in [-0.1, -0.05) is 0 Å². The van der Waals surface area contributed by atoms with Crippen molar-refractivity contribution in [3.05, 3.63) is 47.8 Å². The van der Waals surface area contributed by atoms with E-state index in [2.05, 4.69) is 9.97 Å². The molecule has 0 unspecified atom stereocenters. The second kappa shape index (κ2) is 4.66. The van der Waals surface area contributed by atoms with Gasteiger partial charge in [-0.3, -0.25) is 4.98 Å². The van der Waals surface area contributed by atoms with Crippen LogP contribution >= 0.6 is 11.3 Å². The second-order valence-electron chi connectivity index (χ2n) is 3.78. The fourth-order valence-electron chi connectivity index (χ4n) is 1.60. The van der Waals surface area contributed by atoms with E-state index in [9.17, 15) is 4.79 Å². The Hall–Kier alpha value is -2.47. The van der Waals surface area contributed by atoms with E-state index in [0.717, 1.165) is 10.6 Å². The average Bonchev–Trinajstić information content (AvgIpc) is 3.09. The number of rotatable bonds is 3. The van der Waals surface area contributed by atoms with Crippen molar-refractivity contribution < 1.29 is 14.3 Å². The number of hydrogen-bond acceptors (Lipinski definition) is 5. The summed E-state index contributed by atoms with van der Waals surface area (Å²) in [6.07, 6.45) is 4.61. The molecule has 0 amide bonds. The van der Waals surface area contributed by atoms with E-state index in [-0.39, 0.29) is 5.56 Å². The molecule has 0 fully saturated rings. The van der Waals surface area contributed by atoms with Crippen LogP contribution in [0.15, 0.2) is 46.7 Å². The molecule has 94 valence electrons. The molecule has 0 saturated heterocycles. The molecule has 0 aliphatic heterocycles. The maximum absolute atomic E-state index is 10.8. The van der Waals surface area contributed by atoms with Crippen LogP contribution in [0.3, 0.4) is 0 Å². The van der Waals surface area contributed by atoms with Crippen LogP contribution in [0.1, 0.15) is 10.4 Å². The summed E-state index contributed by atoms with van der Waals surface area (Å²) >= 11 is 1.47. The first-order valence-electron chi connectivity index (χ1n) is 5.42. The number of nitrogens with zero attached hydrogens (tertiary/aromatic N) is 2. The lowest BCUT2D eigenvalue weighted by Gasteiger charge is -1.93. The van der Waals surface area contributed by atoms with E-state index in [4.69, 9.17) is 9.52 Å². The van der Waals surface area contributed by atoms with Crippen molar-refractivity contribution in [2.45, 2.75) is 0 Å².